The summed E-state index contributed by atoms with van der Waals surface area (Å²) in [7, 11) is 0. The molecule has 0 saturated carbocycles. The SMILES string of the molecule is CC(C)OCCOc1cc(F)ccc1N. The molecule has 2 N–H and O–H groups in total. The van der Waals surface area contributed by atoms with Crippen molar-refractivity contribution in [2.75, 3.05) is 18.9 Å². The molecule has 1 aromatic rings. The van der Waals surface area contributed by atoms with Gasteiger partial charge in [0.2, 0.25) is 0 Å². The second kappa shape index (κ2) is 5.56. The fraction of sp³-hybridized carbons (Fsp3) is 0.455. The second-order valence-electron chi connectivity index (χ2n) is 3.45. The van der Waals surface area contributed by atoms with Crippen LogP contribution in [0.15, 0.2) is 18.2 Å². The van der Waals surface area contributed by atoms with Crippen molar-refractivity contribution < 1.29 is 13.9 Å². The first-order chi connectivity index (χ1) is 7.09. The quantitative estimate of drug-likeness (QED) is 0.602. The van der Waals surface area contributed by atoms with Crippen LogP contribution >= 0.6 is 0 Å². The molecule has 4 heteroatoms. The van der Waals surface area contributed by atoms with Crippen LogP contribution in [0.3, 0.4) is 0 Å². The third kappa shape index (κ3) is 4.16. The maximum Gasteiger partial charge on any atom is 0.145 e. The van der Waals surface area contributed by atoms with E-state index < -0.39 is 0 Å². The van der Waals surface area contributed by atoms with E-state index in [9.17, 15) is 4.39 Å². The summed E-state index contributed by atoms with van der Waals surface area (Å²) in [6.07, 6.45) is 0.165. The van der Waals surface area contributed by atoms with Gasteiger partial charge in [0.15, 0.2) is 0 Å². The van der Waals surface area contributed by atoms with E-state index in [1.165, 1.54) is 18.2 Å². The number of hydrogen-bond donors (Lipinski definition) is 1. The van der Waals surface area contributed by atoms with E-state index in [0.717, 1.165) is 0 Å². The summed E-state index contributed by atoms with van der Waals surface area (Å²) in [6.45, 7) is 4.71. The molecule has 0 radical (unpaired) electrons. The number of halogens is 1. The molecule has 0 aliphatic rings. The van der Waals surface area contributed by atoms with Crippen LogP contribution in [-0.2, 0) is 4.74 Å². The highest BCUT2D eigenvalue weighted by atomic mass is 19.1. The lowest BCUT2D eigenvalue weighted by Gasteiger charge is -2.10. The van der Waals surface area contributed by atoms with Crippen LogP contribution in [-0.4, -0.2) is 19.3 Å². The van der Waals surface area contributed by atoms with Gasteiger partial charge in [-0.15, -0.1) is 0 Å². The lowest BCUT2D eigenvalue weighted by Crippen LogP contribution is -2.11. The highest BCUT2D eigenvalue weighted by molar-refractivity contribution is 5.52. The van der Waals surface area contributed by atoms with Crippen molar-refractivity contribution in [3.8, 4) is 5.75 Å². The molecule has 1 rings (SSSR count). The first-order valence-electron chi connectivity index (χ1n) is 4.89. The number of rotatable bonds is 5. The number of nitrogen functional groups attached to an aromatic ring is 1. The molecule has 84 valence electrons. The van der Waals surface area contributed by atoms with Crippen LogP contribution < -0.4 is 10.5 Å². The highest BCUT2D eigenvalue weighted by Gasteiger charge is 2.02. The minimum Gasteiger partial charge on any atom is -0.489 e. The maximum absolute atomic E-state index is 12.8. The van der Waals surface area contributed by atoms with Gasteiger partial charge in [-0.2, -0.15) is 0 Å². The standard InChI is InChI=1S/C11H16FNO2/c1-8(2)14-5-6-15-11-7-9(12)3-4-10(11)13/h3-4,7-8H,5-6,13H2,1-2H3. The number of ether oxygens (including phenoxy) is 2. The van der Waals surface area contributed by atoms with Crippen LogP contribution in [0.1, 0.15) is 13.8 Å². The summed E-state index contributed by atoms with van der Waals surface area (Å²) in [4.78, 5) is 0. The van der Waals surface area contributed by atoms with E-state index in [0.29, 0.717) is 24.7 Å². The predicted molar refractivity (Wildman–Crippen MR) is 57.4 cm³/mol. The van der Waals surface area contributed by atoms with E-state index in [4.69, 9.17) is 15.2 Å². The van der Waals surface area contributed by atoms with Gasteiger partial charge in [0, 0.05) is 6.07 Å². The average Bonchev–Trinajstić information content (AvgIpc) is 2.17. The molecular formula is C11H16FNO2. The molecule has 0 amide bonds. The molecule has 0 spiro atoms. The summed E-state index contributed by atoms with van der Waals surface area (Å²) >= 11 is 0. The third-order valence-corrected chi connectivity index (χ3v) is 1.77. The fourth-order valence-electron chi connectivity index (χ4n) is 1.07. The molecule has 0 fully saturated rings. The van der Waals surface area contributed by atoms with E-state index in [2.05, 4.69) is 0 Å². The molecule has 0 aliphatic carbocycles. The fourth-order valence-corrected chi connectivity index (χ4v) is 1.07. The number of anilines is 1. The largest absolute Gasteiger partial charge is 0.489 e. The Morgan fingerprint density at radius 3 is 2.73 bits per heavy atom. The first kappa shape index (κ1) is 11.8. The molecule has 0 saturated heterocycles. The average molecular weight is 213 g/mol. The van der Waals surface area contributed by atoms with Gasteiger partial charge >= 0.3 is 0 Å². The number of benzene rings is 1. The molecule has 0 bridgehead atoms. The Hall–Kier alpha value is -1.29. The normalized spacial score (nSPS) is 10.7. The second-order valence-corrected chi connectivity index (χ2v) is 3.45. The highest BCUT2D eigenvalue weighted by Crippen LogP contribution is 2.21. The zero-order valence-electron chi connectivity index (χ0n) is 9.00. The van der Waals surface area contributed by atoms with Crippen molar-refractivity contribution in [3.63, 3.8) is 0 Å². The molecule has 0 aliphatic heterocycles. The van der Waals surface area contributed by atoms with E-state index in [1.54, 1.807) is 0 Å². The van der Waals surface area contributed by atoms with Gasteiger partial charge in [-0.25, -0.2) is 4.39 Å². The lowest BCUT2D eigenvalue weighted by molar-refractivity contribution is 0.0554. The van der Waals surface area contributed by atoms with Crippen LogP contribution in [0.2, 0.25) is 0 Å². The summed E-state index contributed by atoms with van der Waals surface area (Å²) in [5, 5.41) is 0. The zero-order valence-corrected chi connectivity index (χ0v) is 9.00. The summed E-state index contributed by atoms with van der Waals surface area (Å²) < 4.78 is 23.4. The Balaban J connectivity index is 2.40. The molecule has 0 heterocycles. The molecule has 15 heavy (non-hydrogen) atoms. The third-order valence-electron chi connectivity index (χ3n) is 1.77. The van der Waals surface area contributed by atoms with Crippen molar-refractivity contribution in [3.05, 3.63) is 24.0 Å². The van der Waals surface area contributed by atoms with Gasteiger partial charge < -0.3 is 15.2 Å². The van der Waals surface area contributed by atoms with Crippen molar-refractivity contribution in [2.24, 2.45) is 0 Å². The lowest BCUT2D eigenvalue weighted by atomic mass is 10.3. The number of nitrogens with two attached hydrogens (primary N) is 1. The van der Waals surface area contributed by atoms with Crippen molar-refractivity contribution in [2.45, 2.75) is 20.0 Å². The monoisotopic (exact) mass is 213 g/mol. The van der Waals surface area contributed by atoms with Crippen molar-refractivity contribution in [1.82, 2.24) is 0 Å². The van der Waals surface area contributed by atoms with Gasteiger partial charge in [-0.3, -0.25) is 0 Å². The first-order valence-corrected chi connectivity index (χ1v) is 4.89. The van der Waals surface area contributed by atoms with Crippen LogP contribution in [0.4, 0.5) is 10.1 Å². The van der Waals surface area contributed by atoms with E-state index >= 15 is 0 Å². The topological polar surface area (TPSA) is 44.5 Å². The Bertz CT molecular complexity index is 315. The van der Waals surface area contributed by atoms with Gasteiger partial charge in [0.25, 0.3) is 0 Å². The summed E-state index contributed by atoms with van der Waals surface area (Å²) in [6, 6.07) is 4.05. The van der Waals surface area contributed by atoms with Gasteiger partial charge in [-0.05, 0) is 26.0 Å². The maximum atomic E-state index is 12.8. The molecule has 1 aromatic carbocycles. The Morgan fingerprint density at radius 2 is 2.07 bits per heavy atom. The number of hydrogen-bond acceptors (Lipinski definition) is 3. The Labute approximate surface area is 89.0 Å². The molecule has 3 nitrogen and oxygen atoms in total. The minimum atomic E-state index is -0.357. The van der Waals surface area contributed by atoms with Crippen LogP contribution in [0.5, 0.6) is 5.75 Å². The summed E-state index contributed by atoms with van der Waals surface area (Å²) in [5.74, 6) is 0.00586. The van der Waals surface area contributed by atoms with Gasteiger partial charge in [-0.1, -0.05) is 0 Å². The van der Waals surface area contributed by atoms with E-state index in [1.807, 2.05) is 13.8 Å². The Kier molecular flexibility index (Phi) is 4.37. The molecule has 0 unspecified atom stereocenters. The Morgan fingerprint density at radius 1 is 1.33 bits per heavy atom. The summed E-state index contributed by atoms with van der Waals surface area (Å²) in [5.41, 5.74) is 6.03. The zero-order chi connectivity index (χ0) is 11.3. The molecule has 0 aromatic heterocycles. The minimum absolute atomic E-state index is 0.165. The van der Waals surface area contributed by atoms with E-state index in [-0.39, 0.29) is 11.9 Å². The van der Waals surface area contributed by atoms with Crippen LogP contribution in [0, 0.1) is 5.82 Å². The molecule has 0 atom stereocenters. The van der Waals surface area contributed by atoms with Gasteiger partial charge in [0.1, 0.15) is 18.2 Å². The van der Waals surface area contributed by atoms with Crippen LogP contribution in [0.25, 0.3) is 0 Å². The predicted octanol–water partition coefficient (Wildman–Crippen LogP) is 2.21. The van der Waals surface area contributed by atoms with Gasteiger partial charge in [0.05, 0.1) is 18.4 Å². The van der Waals surface area contributed by atoms with Crippen molar-refractivity contribution in [1.29, 1.82) is 0 Å². The van der Waals surface area contributed by atoms with Crippen molar-refractivity contribution >= 4 is 5.69 Å². The molecular weight excluding hydrogens is 197 g/mol. The smallest absolute Gasteiger partial charge is 0.145 e.